The summed E-state index contributed by atoms with van der Waals surface area (Å²) in [6.45, 7) is 8.46. The molecule has 0 radical (unpaired) electrons. The molecule has 8 heteroatoms. The molecule has 170 valence electrons. The number of para-hydroxylation sites is 1. The minimum absolute atomic E-state index is 0.145. The van der Waals surface area contributed by atoms with Crippen LogP contribution in [0.25, 0.3) is 21.8 Å². The van der Waals surface area contributed by atoms with Gasteiger partial charge in [0.15, 0.2) is 0 Å². The van der Waals surface area contributed by atoms with Crippen LogP contribution < -0.4 is 10.9 Å². The molecule has 2 N–H and O–H groups in total. The molecule has 5 rings (SSSR count). The summed E-state index contributed by atoms with van der Waals surface area (Å²) in [4.78, 5) is 33.5. The van der Waals surface area contributed by atoms with Gasteiger partial charge in [0, 0.05) is 54.7 Å². The molecule has 1 amide bonds. The lowest BCUT2D eigenvalue weighted by Gasteiger charge is -2.34. The highest BCUT2D eigenvalue weighted by Crippen LogP contribution is 2.21. The van der Waals surface area contributed by atoms with Gasteiger partial charge >= 0.3 is 0 Å². The second-order valence-electron chi connectivity index (χ2n) is 8.52. The van der Waals surface area contributed by atoms with Crippen molar-refractivity contribution in [2.24, 2.45) is 0 Å². The van der Waals surface area contributed by atoms with Gasteiger partial charge in [-0.15, -0.1) is 0 Å². The molecule has 1 saturated heterocycles. The molecular formula is C25H28N6O2. The van der Waals surface area contributed by atoms with Crippen LogP contribution in [-0.4, -0.2) is 63.2 Å². The minimum atomic E-state index is -0.308. The highest BCUT2D eigenvalue weighted by Gasteiger charge is 2.16. The molecule has 1 aliphatic heterocycles. The van der Waals surface area contributed by atoms with Crippen molar-refractivity contribution in [1.29, 1.82) is 0 Å². The van der Waals surface area contributed by atoms with Crippen molar-refractivity contribution in [3.05, 3.63) is 70.6 Å². The summed E-state index contributed by atoms with van der Waals surface area (Å²) < 4.78 is 1.19. The second kappa shape index (κ2) is 9.17. The van der Waals surface area contributed by atoms with Gasteiger partial charge in [-0.05, 0) is 30.3 Å². The van der Waals surface area contributed by atoms with E-state index in [-0.39, 0.29) is 18.0 Å². The van der Waals surface area contributed by atoms with Crippen LogP contribution >= 0.6 is 0 Å². The fraction of sp³-hybridized carbons (Fsp3) is 0.320. The van der Waals surface area contributed by atoms with Gasteiger partial charge in [-0.2, -0.15) is 5.10 Å². The minimum Gasteiger partial charge on any atom is -0.350 e. The van der Waals surface area contributed by atoms with Crippen LogP contribution in [0, 0.1) is 0 Å². The van der Waals surface area contributed by atoms with E-state index in [2.05, 4.69) is 32.1 Å². The SMILES string of the molecule is CCN1CCN(Cc2ccc(NC(=O)Cn3ncc4c([nH]c5ccccc54)c3=O)cc2)CC1. The first-order valence-corrected chi connectivity index (χ1v) is 11.4. The maximum absolute atomic E-state index is 12.8. The van der Waals surface area contributed by atoms with E-state index in [4.69, 9.17) is 0 Å². The zero-order chi connectivity index (χ0) is 22.8. The molecule has 0 saturated carbocycles. The van der Waals surface area contributed by atoms with E-state index in [1.807, 2.05) is 48.5 Å². The van der Waals surface area contributed by atoms with E-state index >= 15 is 0 Å². The number of hydrogen-bond acceptors (Lipinski definition) is 5. The van der Waals surface area contributed by atoms with Gasteiger partial charge in [-0.3, -0.25) is 14.5 Å². The molecule has 0 unspecified atom stereocenters. The first kappa shape index (κ1) is 21.4. The largest absolute Gasteiger partial charge is 0.350 e. The molecule has 2 aromatic heterocycles. The zero-order valence-electron chi connectivity index (χ0n) is 18.8. The second-order valence-corrected chi connectivity index (χ2v) is 8.52. The number of aromatic nitrogens is 3. The first-order valence-electron chi connectivity index (χ1n) is 11.4. The number of nitrogens with one attached hydrogen (secondary N) is 2. The van der Waals surface area contributed by atoms with E-state index in [9.17, 15) is 9.59 Å². The van der Waals surface area contributed by atoms with Gasteiger partial charge in [0.25, 0.3) is 5.56 Å². The topological polar surface area (TPSA) is 86.3 Å². The quantitative estimate of drug-likeness (QED) is 0.478. The Morgan fingerprint density at radius 1 is 1.00 bits per heavy atom. The van der Waals surface area contributed by atoms with Crippen molar-refractivity contribution in [3.8, 4) is 0 Å². The molecule has 1 fully saturated rings. The van der Waals surface area contributed by atoms with E-state index < -0.39 is 0 Å². The van der Waals surface area contributed by atoms with Crippen LogP contribution in [0.1, 0.15) is 12.5 Å². The number of benzene rings is 2. The molecule has 8 nitrogen and oxygen atoms in total. The Balaban J connectivity index is 1.22. The van der Waals surface area contributed by atoms with Gasteiger partial charge < -0.3 is 15.2 Å². The molecular weight excluding hydrogens is 416 g/mol. The molecule has 0 bridgehead atoms. The number of carbonyl (C=O) groups excluding carboxylic acids is 1. The summed E-state index contributed by atoms with van der Waals surface area (Å²) in [6, 6.07) is 15.6. The number of H-pyrrole nitrogens is 1. The Morgan fingerprint density at radius 3 is 2.48 bits per heavy atom. The fourth-order valence-electron chi connectivity index (χ4n) is 4.44. The normalized spacial score (nSPS) is 15.3. The van der Waals surface area contributed by atoms with Gasteiger partial charge in [0.1, 0.15) is 12.1 Å². The number of amides is 1. The number of rotatable bonds is 6. The Labute approximate surface area is 191 Å². The summed E-state index contributed by atoms with van der Waals surface area (Å²) in [5, 5.41) is 8.79. The third-order valence-electron chi connectivity index (χ3n) is 6.37. The highest BCUT2D eigenvalue weighted by molar-refractivity contribution is 6.06. The van der Waals surface area contributed by atoms with E-state index in [1.54, 1.807) is 6.20 Å². The van der Waals surface area contributed by atoms with E-state index in [0.717, 1.165) is 55.6 Å². The van der Waals surface area contributed by atoms with E-state index in [0.29, 0.717) is 11.2 Å². The number of nitrogens with zero attached hydrogens (tertiary/aromatic N) is 4. The monoisotopic (exact) mass is 444 g/mol. The molecule has 33 heavy (non-hydrogen) atoms. The van der Waals surface area contributed by atoms with Gasteiger partial charge in [-0.1, -0.05) is 37.3 Å². The van der Waals surface area contributed by atoms with Crippen LogP contribution in [0.15, 0.2) is 59.5 Å². The van der Waals surface area contributed by atoms with Crippen LogP contribution in [0.4, 0.5) is 5.69 Å². The number of fused-ring (bicyclic) bond motifs is 3. The Hall–Kier alpha value is -3.49. The van der Waals surface area contributed by atoms with Crippen molar-refractivity contribution in [1.82, 2.24) is 24.6 Å². The lowest BCUT2D eigenvalue weighted by molar-refractivity contribution is -0.117. The van der Waals surface area contributed by atoms with Crippen LogP contribution in [0.2, 0.25) is 0 Å². The van der Waals surface area contributed by atoms with Crippen LogP contribution in [0.3, 0.4) is 0 Å². The first-order chi connectivity index (χ1) is 16.1. The molecule has 0 spiro atoms. The Kier molecular flexibility index (Phi) is 5.93. The molecule has 1 aliphatic rings. The number of aromatic amines is 1. The van der Waals surface area contributed by atoms with Crippen molar-refractivity contribution in [2.75, 3.05) is 38.0 Å². The Bertz CT molecular complexity index is 1330. The third kappa shape index (κ3) is 4.53. The lowest BCUT2D eigenvalue weighted by Crippen LogP contribution is -2.45. The smallest absolute Gasteiger partial charge is 0.291 e. The van der Waals surface area contributed by atoms with Crippen molar-refractivity contribution >= 4 is 33.4 Å². The average Bonchev–Trinajstić information content (AvgIpc) is 3.22. The molecule has 4 aromatic rings. The van der Waals surface area contributed by atoms with Crippen molar-refractivity contribution < 1.29 is 4.79 Å². The fourth-order valence-corrected chi connectivity index (χ4v) is 4.44. The summed E-state index contributed by atoms with van der Waals surface area (Å²) in [5.74, 6) is -0.288. The number of hydrogen-bond donors (Lipinski definition) is 2. The Morgan fingerprint density at radius 2 is 1.73 bits per heavy atom. The van der Waals surface area contributed by atoms with Gasteiger partial charge in [0.2, 0.25) is 5.91 Å². The molecule has 0 atom stereocenters. The zero-order valence-corrected chi connectivity index (χ0v) is 18.8. The number of carbonyl (C=O) groups is 1. The van der Waals surface area contributed by atoms with Crippen LogP contribution in [-0.2, 0) is 17.9 Å². The van der Waals surface area contributed by atoms with Crippen molar-refractivity contribution in [2.45, 2.75) is 20.0 Å². The average molecular weight is 445 g/mol. The lowest BCUT2D eigenvalue weighted by atomic mass is 10.1. The summed E-state index contributed by atoms with van der Waals surface area (Å²) in [5.41, 5.74) is 2.96. The highest BCUT2D eigenvalue weighted by atomic mass is 16.2. The number of anilines is 1. The maximum atomic E-state index is 12.8. The standard InChI is InChI=1S/C25H28N6O2/c1-2-29-11-13-30(14-12-29)16-18-7-9-19(10-8-18)27-23(32)17-31-25(33)24-21(15-26-31)20-5-3-4-6-22(20)28-24/h3-10,15,28H,2,11-14,16-17H2,1H3,(H,27,32). The molecule has 3 heterocycles. The van der Waals surface area contributed by atoms with Gasteiger partial charge in [0.05, 0.1) is 6.20 Å². The molecule has 0 aliphatic carbocycles. The third-order valence-corrected chi connectivity index (χ3v) is 6.37. The number of likely N-dealkylation sites (N-methyl/N-ethyl adjacent to an activating group) is 1. The van der Waals surface area contributed by atoms with Crippen molar-refractivity contribution in [3.63, 3.8) is 0 Å². The van der Waals surface area contributed by atoms with E-state index in [1.165, 1.54) is 10.2 Å². The predicted octanol–water partition coefficient (Wildman–Crippen LogP) is 2.65. The summed E-state index contributed by atoms with van der Waals surface area (Å²) >= 11 is 0. The summed E-state index contributed by atoms with van der Waals surface area (Å²) in [6.07, 6.45) is 1.64. The maximum Gasteiger partial charge on any atom is 0.291 e. The van der Waals surface area contributed by atoms with Gasteiger partial charge in [-0.25, -0.2) is 4.68 Å². The summed E-state index contributed by atoms with van der Waals surface area (Å²) in [7, 11) is 0. The number of piperazine rings is 1. The van der Waals surface area contributed by atoms with Crippen LogP contribution in [0.5, 0.6) is 0 Å². The molecule has 2 aromatic carbocycles. The predicted molar refractivity (Wildman–Crippen MR) is 130 cm³/mol.